The number of esters is 8. The summed E-state index contributed by atoms with van der Waals surface area (Å²) in [5.74, 6) is -6.62. The van der Waals surface area contributed by atoms with Gasteiger partial charge in [-0.2, -0.15) is 0 Å². The largest absolute Gasteiger partial charge is 0.463 e. The van der Waals surface area contributed by atoms with Crippen LogP contribution in [0, 0.1) is 0 Å². The van der Waals surface area contributed by atoms with E-state index in [1.54, 1.807) is 0 Å². The smallest absolute Gasteiger partial charge is 0.303 e. The first kappa shape index (κ1) is 39.2. The zero-order valence-corrected chi connectivity index (χ0v) is 27.8. The predicted octanol–water partition coefficient (Wildman–Crippen LogP) is -0.114. The van der Waals surface area contributed by atoms with Gasteiger partial charge in [-0.15, -0.1) is 0 Å². The minimum Gasteiger partial charge on any atom is -0.463 e. The van der Waals surface area contributed by atoms with E-state index in [9.17, 15) is 38.4 Å². The summed E-state index contributed by atoms with van der Waals surface area (Å²) in [4.78, 5) is 96.4. The highest BCUT2D eigenvalue weighted by atomic mass is 32.2. The Morgan fingerprint density at radius 1 is 0.404 bits per heavy atom. The van der Waals surface area contributed by atoms with Crippen molar-refractivity contribution in [1.29, 1.82) is 0 Å². The van der Waals surface area contributed by atoms with Crippen molar-refractivity contribution in [2.24, 2.45) is 0 Å². The third kappa shape index (κ3) is 12.3. The molecule has 0 spiro atoms. The van der Waals surface area contributed by atoms with E-state index in [4.69, 9.17) is 47.4 Å². The second-order valence-corrected chi connectivity index (χ2v) is 11.5. The molecule has 19 heteroatoms. The number of rotatable bonds is 12. The van der Waals surface area contributed by atoms with Crippen LogP contribution in [0.25, 0.3) is 0 Å². The first-order valence-electron chi connectivity index (χ1n) is 14.2. The van der Waals surface area contributed by atoms with Gasteiger partial charge in [0.15, 0.2) is 36.6 Å². The quantitative estimate of drug-likeness (QED) is 0.147. The first-order valence-corrected chi connectivity index (χ1v) is 15.1. The van der Waals surface area contributed by atoms with Crippen LogP contribution in [0.5, 0.6) is 0 Å². The fraction of sp³-hybridized carbons (Fsp3) is 0.714. The molecule has 0 aromatic rings. The molecule has 2 heterocycles. The molecule has 47 heavy (non-hydrogen) atoms. The molecule has 0 aromatic heterocycles. The molecule has 0 radical (unpaired) electrons. The lowest BCUT2D eigenvalue weighted by molar-refractivity contribution is -0.243. The Morgan fingerprint density at radius 3 is 0.915 bits per heavy atom. The van der Waals surface area contributed by atoms with Crippen LogP contribution in [0.2, 0.25) is 0 Å². The third-order valence-electron chi connectivity index (χ3n) is 6.16. The number of hydrogen-bond donors (Lipinski definition) is 0. The molecule has 0 aromatic carbocycles. The van der Waals surface area contributed by atoms with Crippen LogP contribution in [-0.2, 0) is 85.7 Å². The number of ether oxygens (including phenoxy) is 10. The Bertz CT molecular complexity index is 1110. The van der Waals surface area contributed by atoms with Gasteiger partial charge >= 0.3 is 47.8 Å². The number of thioether (sulfide) groups is 1. The van der Waals surface area contributed by atoms with Crippen molar-refractivity contribution in [2.75, 3.05) is 13.2 Å². The van der Waals surface area contributed by atoms with Crippen LogP contribution < -0.4 is 0 Å². The fourth-order valence-electron chi connectivity index (χ4n) is 4.73. The van der Waals surface area contributed by atoms with E-state index in [0.717, 1.165) is 55.4 Å². The van der Waals surface area contributed by atoms with E-state index in [2.05, 4.69) is 0 Å². The molecule has 0 bridgehead atoms. The van der Waals surface area contributed by atoms with Crippen molar-refractivity contribution >= 4 is 59.5 Å². The summed E-state index contributed by atoms with van der Waals surface area (Å²) in [6.45, 7) is 7.50. The predicted molar refractivity (Wildman–Crippen MR) is 152 cm³/mol. The van der Waals surface area contributed by atoms with E-state index in [1.165, 1.54) is 0 Å². The molecular weight excluding hydrogens is 658 g/mol. The Balaban J connectivity index is 2.69. The highest BCUT2D eigenvalue weighted by molar-refractivity contribution is 8.00. The number of carbonyl (C=O) groups is 8. The zero-order valence-electron chi connectivity index (χ0n) is 26.9. The average molecular weight is 697 g/mol. The summed E-state index contributed by atoms with van der Waals surface area (Å²) in [5, 5.41) is 0. The molecule has 2 rings (SSSR count). The van der Waals surface area contributed by atoms with Crippen molar-refractivity contribution in [3.05, 3.63) is 0 Å². The summed E-state index contributed by atoms with van der Waals surface area (Å²) >= 11 is 0.678. The molecule has 264 valence electrons. The van der Waals surface area contributed by atoms with E-state index in [1.807, 2.05) is 0 Å². The van der Waals surface area contributed by atoms with Crippen molar-refractivity contribution in [1.82, 2.24) is 0 Å². The molecule has 0 aliphatic carbocycles. The van der Waals surface area contributed by atoms with Crippen LogP contribution in [0.3, 0.4) is 0 Å². The molecule has 2 aliphatic rings. The number of carbonyl (C=O) groups excluding carboxylic acids is 8. The summed E-state index contributed by atoms with van der Waals surface area (Å²) in [6, 6.07) is 0. The van der Waals surface area contributed by atoms with Crippen LogP contribution >= 0.6 is 11.8 Å². The molecule has 18 nitrogen and oxygen atoms in total. The molecule has 2 aliphatic heterocycles. The van der Waals surface area contributed by atoms with Gasteiger partial charge < -0.3 is 47.4 Å². The lowest BCUT2D eigenvalue weighted by Gasteiger charge is -2.47. The average Bonchev–Trinajstić information content (AvgIpc) is 2.91. The number of hydrogen-bond acceptors (Lipinski definition) is 19. The van der Waals surface area contributed by atoms with Gasteiger partial charge in [0.1, 0.15) is 36.3 Å². The summed E-state index contributed by atoms with van der Waals surface area (Å²) in [7, 11) is 0. The molecule has 10 atom stereocenters. The van der Waals surface area contributed by atoms with Gasteiger partial charge in [-0.25, -0.2) is 0 Å². The Hall–Kier alpha value is -3.97. The van der Waals surface area contributed by atoms with Gasteiger partial charge in [-0.3, -0.25) is 38.4 Å². The Morgan fingerprint density at radius 2 is 0.660 bits per heavy atom. The Labute approximate surface area is 273 Å². The van der Waals surface area contributed by atoms with Gasteiger partial charge in [-0.1, -0.05) is 11.8 Å². The normalized spacial score (nSPS) is 30.0. The second kappa shape index (κ2) is 17.8. The summed E-state index contributed by atoms with van der Waals surface area (Å²) in [6.07, 6.45) is -11.7. The SMILES string of the molecule is CC(=O)OC[C@H]1O[13C@@H](S[13C@@H]2O[C@H](COC(C)=O)[C@@H](OC(C)=O)[C@H](OC(C)=O)[C@H]2OC(C)=O)[C@H](OC(C)=O)[C@@H](OC(C)=O)[C@@H]1OC(C)=O. The highest BCUT2D eigenvalue weighted by Gasteiger charge is 2.57. The summed E-state index contributed by atoms with van der Waals surface area (Å²) in [5.41, 5.74) is -2.84. The Kier molecular flexibility index (Phi) is 14.9. The topological polar surface area (TPSA) is 229 Å². The van der Waals surface area contributed by atoms with Crippen molar-refractivity contribution in [3.63, 3.8) is 0 Å². The van der Waals surface area contributed by atoms with Crippen LogP contribution in [-0.4, -0.2) is 121 Å². The first-order chi connectivity index (χ1) is 21.9. The maximum Gasteiger partial charge on any atom is 0.303 e. The molecule has 0 amide bonds. The maximum atomic E-state index is 12.3. The standard InChI is InChI=1S/C28H38O18S/c1-11(29)37-9-19-21(39-13(3)31)23(41-15(5)33)25(43-17(7)35)27(45-19)47-28-26(44-18(8)36)24(42-16(6)34)22(40-14(4)32)20(46-28)10-38-12(2)30/h19-28H,9-10H2,1-8H3/t19-,20-,21-,22-,23+,24+,25-,26-,27+,28+/m1/s1/i27+1,28+1. The lowest BCUT2D eigenvalue weighted by Crippen LogP contribution is -2.64. The van der Waals surface area contributed by atoms with Crippen molar-refractivity contribution < 1.29 is 85.7 Å². The monoisotopic (exact) mass is 696 g/mol. The van der Waals surface area contributed by atoms with Crippen molar-refractivity contribution in [2.45, 2.75) is 115 Å². The lowest BCUT2D eigenvalue weighted by atomic mass is 10.0. The second-order valence-electron chi connectivity index (χ2n) is 10.3. The van der Waals surface area contributed by atoms with Crippen LogP contribution in [0.1, 0.15) is 55.4 Å². The third-order valence-corrected chi connectivity index (χ3v) is 7.46. The molecule has 2 fully saturated rings. The fourth-order valence-corrected chi connectivity index (χ4v) is 6.14. The van der Waals surface area contributed by atoms with Gasteiger partial charge in [0.05, 0.1) is 0 Å². The molecule has 0 saturated carbocycles. The highest BCUT2D eigenvalue weighted by Crippen LogP contribution is 2.41. The minimum atomic E-state index is -1.54. The van der Waals surface area contributed by atoms with E-state index < -0.39 is 121 Å². The molecule has 2 saturated heterocycles. The minimum absolute atomic E-state index is 0.520. The van der Waals surface area contributed by atoms with Crippen LogP contribution in [0.15, 0.2) is 0 Å². The molecular formula is C28H38O18S. The maximum absolute atomic E-state index is 12.3. The molecule has 0 unspecified atom stereocenters. The van der Waals surface area contributed by atoms with E-state index in [-0.39, 0.29) is 0 Å². The van der Waals surface area contributed by atoms with Gasteiger partial charge in [0, 0.05) is 55.4 Å². The van der Waals surface area contributed by atoms with E-state index in [0.29, 0.717) is 11.8 Å². The van der Waals surface area contributed by atoms with Crippen LogP contribution in [0.4, 0.5) is 0 Å². The van der Waals surface area contributed by atoms with Crippen molar-refractivity contribution in [3.8, 4) is 0 Å². The molecule has 0 N–H and O–H groups in total. The van der Waals surface area contributed by atoms with E-state index >= 15 is 0 Å². The zero-order chi connectivity index (χ0) is 35.6. The van der Waals surface area contributed by atoms with Gasteiger partial charge in [0.2, 0.25) is 0 Å². The van der Waals surface area contributed by atoms with Gasteiger partial charge in [0.25, 0.3) is 0 Å². The van der Waals surface area contributed by atoms with Gasteiger partial charge in [-0.05, 0) is 0 Å². The summed E-state index contributed by atoms with van der Waals surface area (Å²) < 4.78 is 55.0.